The Kier molecular flexibility index (Phi) is 5.65. The third-order valence-corrected chi connectivity index (χ3v) is 6.16. The zero-order valence-electron chi connectivity index (χ0n) is 17.1. The number of piperidine rings is 1. The first-order valence-corrected chi connectivity index (χ1v) is 10.6. The molecule has 0 atom stereocenters. The van der Waals surface area contributed by atoms with E-state index in [0.29, 0.717) is 0 Å². The molecule has 2 heterocycles. The molecule has 3 aromatic rings. The van der Waals surface area contributed by atoms with Gasteiger partial charge in [0.05, 0.1) is 11.0 Å². The van der Waals surface area contributed by atoms with Gasteiger partial charge in [-0.2, -0.15) is 0 Å². The summed E-state index contributed by atoms with van der Waals surface area (Å²) in [6.45, 7) is 5.64. The van der Waals surface area contributed by atoms with Crippen molar-refractivity contribution >= 4 is 16.9 Å². The van der Waals surface area contributed by atoms with Gasteiger partial charge in [-0.1, -0.05) is 44.2 Å². The molecule has 0 saturated carbocycles. The number of carbonyl (C=O) groups is 1. The van der Waals surface area contributed by atoms with Gasteiger partial charge in [-0.3, -0.25) is 4.79 Å². The second kappa shape index (κ2) is 8.36. The molecule has 0 spiro atoms. The molecule has 0 aliphatic carbocycles. The highest BCUT2D eigenvalue weighted by atomic mass is 19.1. The van der Waals surface area contributed by atoms with E-state index in [2.05, 4.69) is 18.4 Å². The van der Waals surface area contributed by atoms with Crippen LogP contribution < -0.4 is 0 Å². The van der Waals surface area contributed by atoms with Crippen LogP contribution in [0.5, 0.6) is 0 Å². The number of amides is 1. The molecule has 29 heavy (non-hydrogen) atoms. The van der Waals surface area contributed by atoms with Crippen LogP contribution in [0.3, 0.4) is 0 Å². The van der Waals surface area contributed by atoms with Gasteiger partial charge in [0.1, 0.15) is 11.6 Å². The number of aromatic nitrogens is 2. The van der Waals surface area contributed by atoms with Gasteiger partial charge in [-0.05, 0) is 43.9 Å². The monoisotopic (exact) mass is 393 g/mol. The van der Waals surface area contributed by atoms with Crippen LogP contribution in [0.4, 0.5) is 4.39 Å². The van der Waals surface area contributed by atoms with Crippen LogP contribution in [0.15, 0.2) is 48.5 Å². The summed E-state index contributed by atoms with van der Waals surface area (Å²) < 4.78 is 16.2. The molecule has 2 aromatic carbocycles. The molecule has 1 fully saturated rings. The third-order valence-electron chi connectivity index (χ3n) is 6.16. The summed E-state index contributed by atoms with van der Waals surface area (Å²) in [6.07, 6.45) is 3.49. The molecule has 4 nitrogen and oxygen atoms in total. The number of imidazole rings is 1. The van der Waals surface area contributed by atoms with Crippen LogP contribution in [-0.2, 0) is 4.79 Å². The van der Waals surface area contributed by atoms with E-state index in [1.54, 1.807) is 12.1 Å². The molecule has 1 saturated heterocycles. The third kappa shape index (κ3) is 3.78. The number of halogens is 1. The van der Waals surface area contributed by atoms with Gasteiger partial charge in [0.2, 0.25) is 5.91 Å². The largest absolute Gasteiger partial charge is 0.342 e. The van der Waals surface area contributed by atoms with Crippen LogP contribution in [0.1, 0.15) is 45.6 Å². The Balaban J connectivity index is 1.66. The number of carbonyl (C=O) groups excluding carboxylic acids is 1. The summed E-state index contributed by atoms with van der Waals surface area (Å²) >= 11 is 0. The summed E-state index contributed by atoms with van der Waals surface area (Å²) in [7, 11) is 0. The Morgan fingerprint density at radius 2 is 1.79 bits per heavy atom. The molecule has 1 aliphatic rings. The fraction of sp³-hybridized carbons (Fsp3) is 0.417. The minimum Gasteiger partial charge on any atom is -0.342 e. The number of hydrogen-bond donors (Lipinski definition) is 0. The number of fused-ring (bicyclic) bond motifs is 1. The summed E-state index contributed by atoms with van der Waals surface area (Å²) in [5, 5.41) is 0. The minimum atomic E-state index is -0.250. The number of rotatable bonds is 5. The molecule has 0 radical (unpaired) electrons. The van der Waals surface area contributed by atoms with Gasteiger partial charge in [0.25, 0.3) is 0 Å². The average Bonchev–Trinajstić information content (AvgIpc) is 3.14. The van der Waals surface area contributed by atoms with Crippen LogP contribution in [0, 0.1) is 11.7 Å². The summed E-state index contributed by atoms with van der Waals surface area (Å²) in [5.41, 5.74) is 2.66. The Hall–Kier alpha value is -2.69. The highest BCUT2D eigenvalue weighted by Gasteiger charge is 2.29. The van der Waals surface area contributed by atoms with Gasteiger partial charge in [-0.15, -0.1) is 0 Å². The molecule has 152 valence electrons. The molecule has 0 bridgehead atoms. The van der Waals surface area contributed by atoms with Crippen molar-refractivity contribution in [2.24, 2.45) is 5.92 Å². The fourth-order valence-electron chi connectivity index (χ4n) is 4.47. The predicted molar refractivity (Wildman–Crippen MR) is 114 cm³/mol. The maximum Gasteiger partial charge on any atom is 0.225 e. The summed E-state index contributed by atoms with van der Waals surface area (Å²) in [5.74, 6) is 1.02. The van der Waals surface area contributed by atoms with E-state index in [1.807, 2.05) is 35.2 Å². The average molecular weight is 394 g/mol. The Bertz CT molecular complexity index is 986. The summed E-state index contributed by atoms with van der Waals surface area (Å²) in [4.78, 5) is 19.6. The van der Waals surface area contributed by atoms with Crippen molar-refractivity contribution in [3.63, 3.8) is 0 Å². The second-order valence-electron chi connectivity index (χ2n) is 7.87. The standard InChI is InChI=1S/C24H28FN3O/c1-3-17(4-2)24(29)27-14-12-20(13-15-27)28-22-16-19(25)10-11-21(22)26-23(28)18-8-6-5-7-9-18/h5-11,16-17,20H,3-4,12-15H2,1-2H3. The predicted octanol–water partition coefficient (Wildman–Crippen LogP) is 5.44. The molecule has 0 N–H and O–H groups in total. The topological polar surface area (TPSA) is 38.1 Å². The molecule has 0 unspecified atom stereocenters. The molecular weight excluding hydrogens is 365 g/mol. The molecule has 1 aliphatic heterocycles. The molecule has 1 amide bonds. The Morgan fingerprint density at radius 3 is 2.45 bits per heavy atom. The van der Waals surface area contributed by atoms with Gasteiger partial charge >= 0.3 is 0 Å². The van der Waals surface area contributed by atoms with E-state index in [4.69, 9.17) is 4.98 Å². The lowest BCUT2D eigenvalue weighted by Gasteiger charge is -2.35. The van der Waals surface area contributed by atoms with E-state index in [9.17, 15) is 9.18 Å². The van der Waals surface area contributed by atoms with E-state index in [1.165, 1.54) is 6.07 Å². The van der Waals surface area contributed by atoms with Crippen LogP contribution >= 0.6 is 0 Å². The van der Waals surface area contributed by atoms with Gasteiger partial charge in [0, 0.05) is 30.6 Å². The zero-order chi connectivity index (χ0) is 20.4. The van der Waals surface area contributed by atoms with Crippen molar-refractivity contribution < 1.29 is 9.18 Å². The Labute approximate surface area is 171 Å². The van der Waals surface area contributed by atoms with Crippen molar-refractivity contribution in [3.8, 4) is 11.4 Å². The van der Waals surface area contributed by atoms with Crippen molar-refractivity contribution in [1.29, 1.82) is 0 Å². The highest BCUT2D eigenvalue weighted by Crippen LogP contribution is 2.34. The highest BCUT2D eigenvalue weighted by molar-refractivity contribution is 5.81. The number of likely N-dealkylation sites (tertiary alicyclic amines) is 1. The zero-order valence-corrected chi connectivity index (χ0v) is 17.1. The normalized spacial score (nSPS) is 15.4. The second-order valence-corrected chi connectivity index (χ2v) is 7.87. The first-order chi connectivity index (χ1) is 14.1. The lowest BCUT2D eigenvalue weighted by atomic mass is 9.98. The lowest BCUT2D eigenvalue weighted by Crippen LogP contribution is -2.42. The smallest absolute Gasteiger partial charge is 0.225 e. The van der Waals surface area contributed by atoms with Crippen molar-refractivity contribution in [3.05, 3.63) is 54.3 Å². The van der Waals surface area contributed by atoms with E-state index < -0.39 is 0 Å². The van der Waals surface area contributed by atoms with Crippen LogP contribution in [0.2, 0.25) is 0 Å². The maximum atomic E-state index is 14.0. The molecule has 5 heteroatoms. The van der Waals surface area contributed by atoms with Crippen molar-refractivity contribution in [2.45, 2.75) is 45.6 Å². The van der Waals surface area contributed by atoms with Crippen LogP contribution in [-0.4, -0.2) is 33.4 Å². The number of hydrogen-bond acceptors (Lipinski definition) is 2. The van der Waals surface area contributed by atoms with Crippen molar-refractivity contribution in [1.82, 2.24) is 14.5 Å². The lowest BCUT2D eigenvalue weighted by molar-refractivity contribution is -0.137. The number of nitrogens with zero attached hydrogens (tertiary/aromatic N) is 3. The first kappa shape index (κ1) is 19.6. The van der Waals surface area contributed by atoms with Gasteiger partial charge < -0.3 is 9.47 Å². The summed E-state index contributed by atoms with van der Waals surface area (Å²) in [6, 6.07) is 15.1. The molecular formula is C24H28FN3O. The Morgan fingerprint density at radius 1 is 1.10 bits per heavy atom. The van der Waals surface area contributed by atoms with Gasteiger partial charge in [-0.25, -0.2) is 9.37 Å². The minimum absolute atomic E-state index is 0.120. The van der Waals surface area contributed by atoms with E-state index in [0.717, 1.165) is 61.2 Å². The fourth-order valence-corrected chi connectivity index (χ4v) is 4.47. The molecule has 1 aromatic heterocycles. The van der Waals surface area contributed by atoms with Crippen molar-refractivity contribution in [2.75, 3.05) is 13.1 Å². The first-order valence-electron chi connectivity index (χ1n) is 10.6. The van der Waals surface area contributed by atoms with Crippen LogP contribution in [0.25, 0.3) is 22.4 Å². The SMILES string of the molecule is CCC(CC)C(=O)N1CCC(n2c(-c3ccccc3)nc3ccc(F)cc32)CC1. The number of benzene rings is 2. The van der Waals surface area contributed by atoms with E-state index in [-0.39, 0.29) is 23.7 Å². The van der Waals surface area contributed by atoms with E-state index >= 15 is 0 Å². The van der Waals surface area contributed by atoms with Gasteiger partial charge in [0.15, 0.2) is 0 Å². The maximum absolute atomic E-state index is 14.0. The molecule has 4 rings (SSSR count). The quantitative estimate of drug-likeness (QED) is 0.579.